The highest BCUT2D eigenvalue weighted by molar-refractivity contribution is 7.25. The van der Waals surface area contributed by atoms with Crippen molar-refractivity contribution in [3.05, 3.63) is 168 Å². The Morgan fingerprint density at radius 2 is 1.31 bits per heavy atom. The average Bonchev–Trinajstić information content (AvgIpc) is 3.88. The van der Waals surface area contributed by atoms with Crippen LogP contribution >= 0.6 is 11.3 Å². The fourth-order valence-electron chi connectivity index (χ4n) is 8.50. The van der Waals surface area contributed by atoms with Gasteiger partial charge in [0, 0.05) is 53.2 Å². The Labute approximate surface area is 302 Å². The number of fused-ring (bicyclic) bond motifs is 11. The number of nitrogens with one attached hydrogen (secondary N) is 1. The van der Waals surface area contributed by atoms with E-state index in [1.165, 1.54) is 64.0 Å². The summed E-state index contributed by atoms with van der Waals surface area (Å²) in [6.07, 6.45) is -0.398. The fourth-order valence-corrected chi connectivity index (χ4v) is 9.64. The molecule has 3 heterocycles. The number of nitrogens with zero attached hydrogens (tertiary/aromatic N) is 2. The number of furan rings is 1. The molecule has 4 nitrogen and oxygen atoms in total. The van der Waals surface area contributed by atoms with Gasteiger partial charge >= 0.3 is 0 Å². The molecule has 0 bridgehead atoms. The molecule has 1 aliphatic carbocycles. The van der Waals surface area contributed by atoms with E-state index in [0.29, 0.717) is 5.84 Å². The van der Waals surface area contributed by atoms with Gasteiger partial charge < -0.3 is 9.73 Å². The number of amidine groups is 2. The monoisotopic (exact) mass is 681 g/mol. The highest BCUT2D eigenvalue weighted by atomic mass is 32.1. The Kier molecular flexibility index (Phi) is 5.68. The van der Waals surface area contributed by atoms with E-state index in [0.717, 1.165) is 44.5 Å². The maximum atomic E-state index is 6.83. The summed E-state index contributed by atoms with van der Waals surface area (Å²) >= 11 is 1.81. The van der Waals surface area contributed by atoms with Crippen molar-refractivity contribution in [3.8, 4) is 22.3 Å². The van der Waals surface area contributed by atoms with E-state index in [1.54, 1.807) is 0 Å². The topological polar surface area (TPSA) is 49.9 Å². The van der Waals surface area contributed by atoms with E-state index in [1.807, 2.05) is 11.3 Å². The lowest BCUT2D eigenvalue weighted by Gasteiger charge is -2.24. The minimum atomic E-state index is -0.398. The molecule has 12 rings (SSSR count). The molecule has 0 fully saturated rings. The highest BCUT2D eigenvalue weighted by Gasteiger charge is 2.29. The zero-order valence-electron chi connectivity index (χ0n) is 27.7. The van der Waals surface area contributed by atoms with E-state index >= 15 is 0 Å². The molecule has 0 saturated carbocycles. The molecule has 0 amide bonds. The molecule has 10 aromatic rings. The van der Waals surface area contributed by atoms with Gasteiger partial charge in [0.25, 0.3) is 0 Å². The van der Waals surface area contributed by atoms with Gasteiger partial charge in [0.15, 0.2) is 5.84 Å². The predicted molar refractivity (Wildman–Crippen MR) is 218 cm³/mol. The van der Waals surface area contributed by atoms with Crippen molar-refractivity contribution < 1.29 is 4.42 Å². The standard InChI is InChI=1S/C47H27N3OS/c1-2-9-28-24-29(19-18-26(28)8-1)45-48-46(30-20-21-32-31-12-3-4-17-39(31)52-40(32)25-30)50-47(49-45)37-15-7-16-38-42(37)36-23-22-34-33-13-5-10-27-11-6-14-35(41(27)33)43(34)44(36)51-38/h1-25,47H,(H,48,49,50). The maximum Gasteiger partial charge on any atom is 0.159 e. The molecule has 0 saturated heterocycles. The summed E-state index contributed by atoms with van der Waals surface area (Å²) in [5.41, 5.74) is 9.72. The van der Waals surface area contributed by atoms with Crippen LogP contribution < -0.4 is 5.32 Å². The molecular formula is C47H27N3OS. The van der Waals surface area contributed by atoms with Crippen molar-refractivity contribution in [2.75, 3.05) is 0 Å². The first kappa shape index (κ1) is 28.2. The molecule has 242 valence electrons. The van der Waals surface area contributed by atoms with Crippen LogP contribution in [0.1, 0.15) is 22.9 Å². The lowest BCUT2D eigenvalue weighted by molar-refractivity contribution is 0.663. The van der Waals surface area contributed by atoms with Crippen LogP contribution in [0.2, 0.25) is 0 Å². The van der Waals surface area contributed by atoms with Crippen molar-refractivity contribution in [2.24, 2.45) is 9.98 Å². The zero-order chi connectivity index (χ0) is 33.9. The fraction of sp³-hybridized carbons (Fsp3) is 0.0213. The molecule has 1 unspecified atom stereocenters. The number of hydrogen-bond acceptors (Lipinski definition) is 5. The molecule has 0 spiro atoms. The number of hydrogen-bond donors (Lipinski definition) is 1. The molecule has 0 radical (unpaired) electrons. The summed E-state index contributed by atoms with van der Waals surface area (Å²) in [5, 5.41) is 13.4. The van der Waals surface area contributed by atoms with Gasteiger partial charge in [0.2, 0.25) is 0 Å². The first-order valence-corrected chi connectivity index (χ1v) is 18.4. The van der Waals surface area contributed by atoms with Gasteiger partial charge in [-0.05, 0) is 68.6 Å². The van der Waals surface area contributed by atoms with Crippen LogP contribution in [0.3, 0.4) is 0 Å². The van der Waals surface area contributed by atoms with Crippen LogP contribution in [0.4, 0.5) is 0 Å². The second-order valence-corrected chi connectivity index (χ2v) is 14.8. The van der Waals surface area contributed by atoms with E-state index in [4.69, 9.17) is 14.4 Å². The normalized spacial score (nSPS) is 15.1. The molecule has 1 N–H and O–H groups in total. The summed E-state index contributed by atoms with van der Waals surface area (Å²) in [4.78, 5) is 10.6. The van der Waals surface area contributed by atoms with Gasteiger partial charge in [-0.3, -0.25) is 0 Å². The van der Waals surface area contributed by atoms with E-state index in [2.05, 4.69) is 157 Å². The molecule has 8 aromatic carbocycles. The van der Waals surface area contributed by atoms with Gasteiger partial charge in [0.05, 0.1) is 0 Å². The summed E-state index contributed by atoms with van der Waals surface area (Å²) < 4.78 is 9.34. The minimum Gasteiger partial charge on any atom is -0.455 e. The van der Waals surface area contributed by atoms with E-state index < -0.39 is 6.17 Å². The molecule has 2 aromatic heterocycles. The smallest absolute Gasteiger partial charge is 0.159 e. The Balaban J connectivity index is 1.06. The quantitative estimate of drug-likeness (QED) is 0.202. The summed E-state index contributed by atoms with van der Waals surface area (Å²) in [6.45, 7) is 0. The zero-order valence-corrected chi connectivity index (χ0v) is 28.5. The van der Waals surface area contributed by atoms with Crippen LogP contribution in [0.15, 0.2) is 166 Å². The SMILES string of the molecule is c1ccc2cc(C3=NC(c4ccc5c(c4)sc4ccccc45)=NC(c4cccc5oc6c7c(ccc6c45)-c4cccc5cccc-7c45)N3)ccc2c1. The third-order valence-corrected chi connectivity index (χ3v) is 12.0. The second kappa shape index (κ2) is 10.5. The summed E-state index contributed by atoms with van der Waals surface area (Å²) in [6, 6.07) is 54.2. The minimum absolute atomic E-state index is 0.398. The average molecular weight is 682 g/mol. The molecule has 1 aliphatic heterocycles. The van der Waals surface area contributed by atoms with Gasteiger partial charge in [0.1, 0.15) is 23.2 Å². The molecule has 5 heteroatoms. The van der Waals surface area contributed by atoms with Crippen LogP contribution in [0, 0.1) is 0 Å². The Hall–Kier alpha value is -6.56. The van der Waals surface area contributed by atoms with E-state index in [-0.39, 0.29) is 0 Å². The summed E-state index contributed by atoms with van der Waals surface area (Å²) in [7, 11) is 0. The number of thiophene rings is 1. The number of rotatable bonds is 3. The molecule has 1 atom stereocenters. The van der Waals surface area contributed by atoms with Gasteiger partial charge in [-0.15, -0.1) is 11.3 Å². The van der Waals surface area contributed by atoms with Crippen molar-refractivity contribution in [3.63, 3.8) is 0 Å². The third-order valence-electron chi connectivity index (χ3n) is 10.9. The van der Waals surface area contributed by atoms with Crippen LogP contribution in [0.25, 0.3) is 85.9 Å². The Bertz CT molecular complexity index is 3230. The lowest BCUT2D eigenvalue weighted by atomic mass is 9.98. The number of aliphatic imine (C=N–C) groups is 2. The highest BCUT2D eigenvalue weighted by Crippen LogP contribution is 2.52. The van der Waals surface area contributed by atoms with Gasteiger partial charge in [-0.25, -0.2) is 9.98 Å². The third kappa shape index (κ3) is 3.97. The predicted octanol–water partition coefficient (Wildman–Crippen LogP) is 12.4. The summed E-state index contributed by atoms with van der Waals surface area (Å²) in [5.74, 6) is 1.50. The van der Waals surface area contributed by atoms with Crippen LogP contribution in [0.5, 0.6) is 0 Å². The Morgan fingerprint density at radius 1 is 0.538 bits per heavy atom. The first-order chi connectivity index (χ1) is 25.7. The first-order valence-electron chi connectivity index (χ1n) is 17.6. The van der Waals surface area contributed by atoms with Gasteiger partial charge in [-0.2, -0.15) is 0 Å². The molecule has 2 aliphatic rings. The van der Waals surface area contributed by atoms with Crippen LogP contribution in [-0.4, -0.2) is 11.7 Å². The van der Waals surface area contributed by atoms with Crippen LogP contribution in [-0.2, 0) is 0 Å². The largest absolute Gasteiger partial charge is 0.455 e. The van der Waals surface area contributed by atoms with Crippen molar-refractivity contribution in [2.45, 2.75) is 6.17 Å². The van der Waals surface area contributed by atoms with Crippen molar-refractivity contribution >= 4 is 86.7 Å². The Morgan fingerprint density at radius 3 is 2.25 bits per heavy atom. The number of benzene rings is 8. The second-order valence-electron chi connectivity index (χ2n) is 13.7. The molecule has 52 heavy (non-hydrogen) atoms. The maximum absolute atomic E-state index is 6.83. The lowest BCUT2D eigenvalue weighted by Crippen LogP contribution is -2.33. The van der Waals surface area contributed by atoms with Crippen molar-refractivity contribution in [1.29, 1.82) is 0 Å². The van der Waals surface area contributed by atoms with Crippen molar-refractivity contribution in [1.82, 2.24) is 5.32 Å². The van der Waals surface area contributed by atoms with E-state index in [9.17, 15) is 0 Å². The van der Waals surface area contributed by atoms with Gasteiger partial charge in [-0.1, -0.05) is 121 Å². The molecular weight excluding hydrogens is 655 g/mol.